The largest absolute Gasteiger partial charge is 0.399 e. The summed E-state index contributed by atoms with van der Waals surface area (Å²) in [7, 11) is 0. The molecule has 96 valence electrons. The Morgan fingerprint density at radius 3 is 2.67 bits per heavy atom. The molecule has 0 bridgehead atoms. The molecular weight excluding hydrogens is 232 g/mol. The van der Waals surface area contributed by atoms with Crippen molar-refractivity contribution in [2.24, 2.45) is 5.73 Å². The maximum Gasteiger partial charge on any atom is 0.250 e. The number of amides is 2. The molecule has 1 fully saturated rings. The third-order valence-electron chi connectivity index (χ3n) is 2.69. The number of carbonyl (C=O) groups is 2. The Balaban J connectivity index is 1.99. The molecule has 0 atom stereocenters. The zero-order chi connectivity index (χ0) is 13.1. The van der Waals surface area contributed by atoms with Gasteiger partial charge in [-0.3, -0.25) is 9.59 Å². The van der Waals surface area contributed by atoms with Crippen molar-refractivity contribution in [3.8, 4) is 0 Å². The molecule has 0 aliphatic heterocycles. The zero-order valence-electron chi connectivity index (χ0n) is 9.90. The molecule has 0 spiro atoms. The second kappa shape index (κ2) is 4.95. The predicted molar refractivity (Wildman–Crippen MR) is 69.0 cm³/mol. The lowest BCUT2D eigenvalue weighted by Gasteiger charge is -2.10. The highest BCUT2D eigenvalue weighted by atomic mass is 16.2. The van der Waals surface area contributed by atoms with Gasteiger partial charge in [0.05, 0.1) is 12.1 Å². The average Bonchev–Trinajstić information content (AvgIpc) is 3.11. The Bertz CT molecular complexity index is 483. The highest BCUT2D eigenvalue weighted by Crippen LogP contribution is 2.19. The molecular formula is C12H16N4O2. The van der Waals surface area contributed by atoms with Gasteiger partial charge in [-0.15, -0.1) is 0 Å². The molecule has 1 aliphatic rings. The molecule has 6 N–H and O–H groups in total. The number of nitrogen functional groups attached to an aromatic ring is 1. The van der Waals surface area contributed by atoms with E-state index < -0.39 is 5.91 Å². The molecule has 1 aromatic rings. The van der Waals surface area contributed by atoms with E-state index in [0.717, 1.165) is 12.8 Å². The minimum absolute atomic E-state index is 0.0928. The van der Waals surface area contributed by atoms with E-state index in [0.29, 0.717) is 17.4 Å². The molecule has 2 amide bonds. The predicted octanol–water partition coefficient (Wildman–Crippen LogP) is 0.0582. The number of hydrogen-bond acceptors (Lipinski definition) is 4. The Hall–Kier alpha value is -2.24. The Kier molecular flexibility index (Phi) is 3.36. The SMILES string of the molecule is NC(=O)c1cc(N)ccc1NCC(=O)NC1CC1. The van der Waals surface area contributed by atoms with Gasteiger partial charge in [0.2, 0.25) is 5.91 Å². The fourth-order valence-electron chi connectivity index (χ4n) is 1.60. The van der Waals surface area contributed by atoms with E-state index >= 15 is 0 Å². The third kappa shape index (κ3) is 3.13. The highest BCUT2D eigenvalue weighted by molar-refractivity contribution is 6.00. The van der Waals surface area contributed by atoms with Crippen LogP contribution in [0.3, 0.4) is 0 Å². The van der Waals surface area contributed by atoms with E-state index in [2.05, 4.69) is 10.6 Å². The lowest BCUT2D eigenvalue weighted by atomic mass is 10.1. The zero-order valence-corrected chi connectivity index (χ0v) is 9.90. The van der Waals surface area contributed by atoms with Gasteiger partial charge in [-0.25, -0.2) is 0 Å². The molecule has 2 rings (SSSR count). The number of benzene rings is 1. The molecule has 1 saturated carbocycles. The number of nitrogens with two attached hydrogens (primary N) is 2. The van der Waals surface area contributed by atoms with Crippen LogP contribution in [0, 0.1) is 0 Å². The number of hydrogen-bond donors (Lipinski definition) is 4. The third-order valence-corrected chi connectivity index (χ3v) is 2.69. The van der Waals surface area contributed by atoms with Crippen LogP contribution in [0.4, 0.5) is 11.4 Å². The molecule has 0 saturated heterocycles. The molecule has 0 radical (unpaired) electrons. The lowest BCUT2D eigenvalue weighted by Crippen LogP contribution is -2.31. The number of carbonyl (C=O) groups excluding carboxylic acids is 2. The molecule has 18 heavy (non-hydrogen) atoms. The minimum Gasteiger partial charge on any atom is -0.399 e. The van der Waals surface area contributed by atoms with Crippen molar-refractivity contribution < 1.29 is 9.59 Å². The first-order valence-corrected chi connectivity index (χ1v) is 5.79. The van der Waals surface area contributed by atoms with Crippen LogP contribution < -0.4 is 22.1 Å². The maximum absolute atomic E-state index is 11.5. The van der Waals surface area contributed by atoms with E-state index in [-0.39, 0.29) is 18.0 Å². The molecule has 0 heterocycles. The first-order valence-electron chi connectivity index (χ1n) is 5.79. The summed E-state index contributed by atoms with van der Waals surface area (Å²) in [5, 5.41) is 5.73. The van der Waals surface area contributed by atoms with Gasteiger partial charge in [0.15, 0.2) is 0 Å². The summed E-state index contributed by atoms with van der Waals surface area (Å²) in [5.74, 6) is -0.669. The summed E-state index contributed by atoms with van der Waals surface area (Å²) < 4.78 is 0. The van der Waals surface area contributed by atoms with Crippen molar-refractivity contribution in [2.45, 2.75) is 18.9 Å². The quantitative estimate of drug-likeness (QED) is 0.552. The Labute approximate surface area is 105 Å². The van der Waals surface area contributed by atoms with Crippen LogP contribution in [0.25, 0.3) is 0 Å². The van der Waals surface area contributed by atoms with Gasteiger partial charge in [0.25, 0.3) is 5.91 Å². The van der Waals surface area contributed by atoms with E-state index in [1.54, 1.807) is 12.1 Å². The summed E-state index contributed by atoms with van der Waals surface area (Å²) in [6, 6.07) is 5.10. The number of anilines is 2. The number of nitrogens with one attached hydrogen (secondary N) is 2. The van der Waals surface area contributed by atoms with Gasteiger partial charge >= 0.3 is 0 Å². The van der Waals surface area contributed by atoms with Crippen LogP contribution in [0.2, 0.25) is 0 Å². The van der Waals surface area contributed by atoms with Gasteiger partial charge in [0, 0.05) is 17.4 Å². The summed E-state index contributed by atoms with van der Waals surface area (Å²) in [6.45, 7) is 0.112. The molecule has 6 heteroatoms. The highest BCUT2D eigenvalue weighted by Gasteiger charge is 2.23. The van der Waals surface area contributed by atoms with Crippen molar-refractivity contribution in [1.82, 2.24) is 5.32 Å². The first kappa shape index (κ1) is 12.2. The second-order valence-electron chi connectivity index (χ2n) is 4.36. The lowest BCUT2D eigenvalue weighted by molar-refractivity contribution is -0.119. The van der Waals surface area contributed by atoms with Crippen LogP contribution in [0.5, 0.6) is 0 Å². The van der Waals surface area contributed by atoms with Crippen LogP contribution in [-0.4, -0.2) is 24.4 Å². The van der Waals surface area contributed by atoms with Crippen molar-refractivity contribution in [3.63, 3.8) is 0 Å². The fourth-order valence-corrected chi connectivity index (χ4v) is 1.60. The number of primary amides is 1. The Morgan fingerprint density at radius 1 is 1.33 bits per heavy atom. The molecule has 0 unspecified atom stereocenters. The van der Waals surface area contributed by atoms with E-state index in [4.69, 9.17) is 11.5 Å². The Morgan fingerprint density at radius 2 is 2.06 bits per heavy atom. The molecule has 1 aromatic carbocycles. The minimum atomic E-state index is -0.576. The van der Waals surface area contributed by atoms with Crippen LogP contribution in [0.1, 0.15) is 23.2 Å². The normalized spacial score (nSPS) is 14.0. The van der Waals surface area contributed by atoms with Crippen molar-refractivity contribution in [3.05, 3.63) is 23.8 Å². The van der Waals surface area contributed by atoms with Crippen molar-refractivity contribution in [1.29, 1.82) is 0 Å². The topological polar surface area (TPSA) is 110 Å². The maximum atomic E-state index is 11.5. The van der Waals surface area contributed by atoms with E-state index in [9.17, 15) is 9.59 Å². The number of rotatable bonds is 5. The monoisotopic (exact) mass is 248 g/mol. The summed E-state index contributed by atoms with van der Waals surface area (Å²) >= 11 is 0. The second-order valence-corrected chi connectivity index (χ2v) is 4.36. The molecule has 6 nitrogen and oxygen atoms in total. The molecule has 0 aromatic heterocycles. The van der Waals surface area contributed by atoms with Gasteiger partial charge in [0.1, 0.15) is 0 Å². The van der Waals surface area contributed by atoms with Crippen LogP contribution in [-0.2, 0) is 4.79 Å². The van der Waals surface area contributed by atoms with Gasteiger partial charge in [-0.05, 0) is 31.0 Å². The standard InChI is InChI=1S/C12H16N4O2/c13-7-1-4-10(9(5-7)12(14)18)15-6-11(17)16-8-2-3-8/h1,4-5,8,15H,2-3,6,13H2,(H2,14,18)(H,16,17). The van der Waals surface area contributed by atoms with Crippen molar-refractivity contribution in [2.75, 3.05) is 17.6 Å². The van der Waals surface area contributed by atoms with Crippen molar-refractivity contribution >= 4 is 23.2 Å². The van der Waals surface area contributed by atoms with Crippen LogP contribution >= 0.6 is 0 Å². The first-order chi connectivity index (χ1) is 8.56. The summed E-state index contributed by atoms with van der Waals surface area (Å²) in [4.78, 5) is 22.7. The van der Waals surface area contributed by atoms with E-state index in [1.807, 2.05) is 0 Å². The van der Waals surface area contributed by atoms with Gasteiger partial charge in [-0.1, -0.05) is 0 Å². The fraction of sp³-hybridized carbons (Fsp3) is 0.333. The summed E-state index contributed by atoms with van der Waals surface area (Å²) in [5.41, 5.74) is 12.1. The van der Waals surface area contributed by atoms with Gasteiger partial charge in [-0.2, -0.15) is 0 Å². The van der Waals surface area contributed by atoms with E-state index in [1.165, 1.54) is 6.07 Å². The molecule has 1 aliphatic carbocycles. The average molecular weight is 248 g/mol. The van der Waals surface area contributed by atoms with Gasteiger partial charge < -0.3 is 22.1 Å². The van der Waals surface area contributed by atoms with Crippen LogP contribution in [0.15, 0.2) is 18.2 Å². The summed E-state index contributed by atoms with van der Waals surface area (Å²) in [6.07, 6.45) is 2.08. The smallest absolute Gasteiger partial charge is 0.250 e.